The molecule has 116 valence electrons. The van der Waals surface area contributed by atoms with Gasteiger partial charge in [0, 0.05) is 12.6 Å². The van der Waals surface area contributed by atoms with Crippen LogP contribution in [0.25, 0.3) is 0 Å². The van der Waals surface area contributed by atoms with Crippen LogP contribution in [-0.2, 0) is 4.79 Å². The van der Waals surface area contributed by atoms with Gasteiger partial charge in [-0.05, 0) is 38.6 Å². The number of rotatable bonds is 5. The van der Waals surface area contributed by atoms with Crippen molar-refractivity contribution in [1.82, 2.24) is 10.2 Å². The molecule has 21 heavy (non-hydrogen) atoms. The van der Waals surface area contributed by atoms with E-state index in [1.54, 1.807) is 18.2 Å². The molecule has 1 atom stereocenters. The van der Waals surface area contributed by atoms with Crippen molar-refractivity contribution in [2.45, 2.75) is 25.3 Å². The number of halogens is 2. The van der Waals surface area contributed by atoms with Crippen LogP contribution in [0, 0.1) is 0 Å². The standard InChI is InChI=1S/C15H21Cl2N3O/c1-20(9-11-5-2-3-8-18-11)10-14(21)19-15-12(16)6-4-7-13(15)17/h4,6-7,11,18H,2-3,5,8-10H2,1H3,(H,19,21). The number of benzene rings is 1. The van der Waals surface area contributed by atoms with Gasteiger partial charge in [-0.2, -0.15) is 0 Å². The molecular weight excluding hydrogens is 309 g/mol. The van der Waals surface area contributed by atoms with Crippen LogP contribution in [0.1, 0.15) is 19.3 Å². The van der Waals surface area contributed by atoms with Crippen molar-refractivity contribution in [3.63, 3.8) is 0 Å². The summed E-state index contributed by atoms with van der Waals surface area (Å²) in [6.45, 7) is 2.25. The SMILES string of the molecule is CN(CC(=O)Nc1c(Cl)cccc1Cl)CC1CCCCN1. The average molecular weight is 330 g/mol. The molecular formula is C15H21Cl2N3O. The lowest BCUT2D eigenvalue weighted by Gasteiger charge is -2.27. The van der Waals surface area contributed by atoms with Crippen LogP contribution in [-0.4, -0.2) is 43.5 Å². The predicted molar refractivity (Wildman–Crippen MR) is 88.2 cm³/mol. The first-order valence-corrected chi connectivity index (χ1v) is 7.97. The maximum atomic E-state index is 12.1. The fraction of sp³-hybridized carbons (Fsp3) is 0.533. The smallest absolute Gasteiger partial charge is 0.238 e. The molecule has 2 N–H and O–H groups in total. The largest absolute Gasteiger partial charge is 0.322 e. The molecule has 1 aliphatic heterocycles. The number of nitrogens with zero attached hydrogens (tertiary/aromatic N) is 1. The fourth-order valence-corrected chi connectivity index (χ4v) is 3.05. The Bertz CT molecular complexity index is 470. The zero-order valence-corrected chi connectivity index (χ0v) is 13.7. The summed E-state index contributed by atoms with van der Waals surface area (Å²) in [4.78, 5) is 14.1. The molecule has 1 aromatic rings. The Kier molecular flexibility index (Phi) is 6.30. The van der Waals surface area contributed by atoms with E-state index in [-0.39, 0.29) is 5.91 Å². The van der Waals surface area contributed by atoms with Crippen molar-refractivity contribution in [2.75, 3.05) is 32.0 Å². The minimum Gasteiger partial charge on any atom is -0.322 e. The molecule has 0 radical (unpaired) electrons. The second-order valence-corrected chi connectivity index (χ2v) is 6.30. The van der Waals surface area contributed by atoms with Crippen LogP contribution < -0.4 is 10.6 Å². The number of piperidine rings is 1. The van der Waals surface area contributed by atoms with Gasteiger partial charge in [0.05, 0.1) is 22.3 Å². The van der Waals surface area contributed by atoms with Crippen molar-refractivity contribution in [3.05, 3.63) is 28.2 Å². The molecule has 1 heterocycles. The first kappa shape index (κ1) is 16.6. The third kappa shape index (κ3) is 5.15. The number of likely N-dealkylation sites (N-methyl/N-ethyl adjacent to an activating group) is 1. The van der Waals surface area contributed by atoms with E-state index in [1.807, 2.05) is 11.9 Å². The third-order valence-corrected chi connectivity index (χ3v) is 4.22. The van der Waals surface area contributed by atoms with E-state index in [2.05, 4.69) is 10.6 Å². The summed E-state index contributed by atoms with van der Waals surface area (Å²) in [5.74, 6) is -0.108. The van der Waals surface area contributed by atoms with E-state index in [1.165, 1.54) is 19.3 Å². The summed E-state index contributed by atoms with van der Waals surface area (Å²) in [5, 5.41) is 7.16. The molecule has 6 heteroatoms. The van der Waals surface area contributed by atoms with E-state index in [4.69, 9.17) is 23.2 Å². The van der Waals surface area contributed by atoms with Gasteiger partial charge in [0.25, 0.3) is 0 Å². The van der Waals surface area contributed by atoms with E-state index in [9.17, 15) is 4.79 Å². The molecule has 2 rings (SSSR count). The van der Waals surface area contributed by atoms with Crippen LogP contribution in [0.2, 0.25) is 10.0 Å². The molecule has 1 fully saturated rings. The Balaban J connectivity index is 1.83. The summed E-state index contributed by atoms with van der Waals surface area (Å²) in [6, 6.07) is 5.64. The van der Waals surface area contributed by atoms with Crippen molar-refractivity contribution in [2.24, 2.45) is 0 Å². The summed E-state index contributed by atoms with van der Waals surface area (Å²) in [5.41, 5.74) is 0.482. The maximum Gasteiger partial charge on any atom is 0.238 e. The van der Waals surface area contributed by atoms with Gasteiger partial charge in [0.1, 0.15) is 0 Å². The monoisotopic (exact) mass is 329 g/mol. The van der Waals surface area contributed by atoms with Crippen molar-refractivity contribution in [1.29, 1.82) is 0 Å². The van der Waals surface area contributed by atoms with Gasteiger partial charge >= 0.3 is 0 Å². The lowest BCUT2D eigenvalue weighted by atomic mass is 10.0. The van der Waals surface area contributed by atoms with Gasteiger partial charge in [-0.15, -0.1) is 0 Å². The molecule has 0 aliphatic carbocycles. The van der Waals surface area contributed by atoms with Crippen molar-refractivity contribution >= 4 is 34.8 Å². The van der Waals surface area contributed by atoms with E-state index < -0.39 is 0 Å². The van der Waals surface area contributed by atoms with Gasteiger partial charge < -0.3 is 10.6 Å². The molecule has 0 spiro atoms. The zero-order valence-electron chi connectivity index (χ0n) is 12.2. The highest BCUT2D eigenvalue weighted by Crippen LogP contribution is 2.29. The van der Waals surface area contributed by atoms with E-state index in [0.717, 1.165) is 13.1 Å². The first-order chi connectivity index (χ1) is 10.1. The first-order valence-electron chi connectivity index (χ1n) is 7.22. The third-order valence-electron chi connectivity index (χ3n) is 3.59. The van der Waals surface area contributed by atoms with Gasteiger partial charge in [-0.3, -0.25) is 9.69 Å². The van der Waals surface area contributed by atoms with E-state index >= 15 is 0 Å². The average Bonchev–Trinajstić information content (AvgIpc) is 2.44. The molecule has 1 amide bonds. The number of hydrogen-bond acceptors (Lipinski definition) is 3. The Morgan fingerprint density at radius 3 is 2.71 bits per heavy atom. The van der Waals surface area contributed by atoms with Crippen LogP contribution in [0.5, 0.6) is 0 Å². The predicted octanol–water partition coefficient (Wildman–Crippen LogP) is 3.01. The van der Waals surface area contributed by atoms with Crippen LogP contribution in [0.4, 0.5) is 5.69 Å². The normalized spacial score (nSPS) is 18.8. The highest BCUT2D eigenvalue weighted by molar-refractivity contribution is 6.39. The number of carbonyl (C=O) groups is 1. The Morgan fingerprint density at radius 1 is 1.38 bits per heavy atom. The molecule has 0 aromatic heterocycles. The Hall–Kier alpha value is -0.810. The minimum absolute atomic E-state index is 0.108. The molecule has 1 aromatic carbocycles. The topological polar surface area (TPSA) is 44.4 Å². The van der Waals surface area contributed by atoms with Crippen molar-refractivity contribution < 1.29 is 4.79 Å². The van der Waals surface area contributed by atoms with Crippen LogP contribution in [0.15, 0.2) is 18.2 Å². The molecule has 1 unspecified atom stereocenters. The zero-order chi connectivity index (χ0) is 15.2. The summed E-state index contributed by atoms with van der Waals surface area (Å²) in [6.07, 6.45) is 3.67. The summed E-state index contributed by atoms with van der Waals surface area (Å²) in [7, 11) is 1.95. The minimum atomic E-state index is -0.108. The molecule has 0 bridgehead atoms. The lowest BCUT2D eigenvalue weighted by Crippen LogP contribution is -2.44. The lowest BCUT2D eigenvalue weighted by molar-refractivity contribution is -0.117. The number of hydrogen-bond donors (Lipinski definition) is 2. The fourth-order valence-electron chi connectivity index (χ4n) is 2.56. The number of carbonyl (C=O) groups excluding carboxylic acids is 1. The molecule has 4 nitrogen and oxygen atoms in total. The molecule has 1 aliphatic rings. The number of para-hydroxylation sites is 1. The van der Waals surface area contributed by atoms with Gasteiger partial charge in [0.15, 0.2) is 0 Å². The molecule has 1 saturated heterocycles. The van der Waals surface area contributed by atoms with Crippen LogP contribution in [0.3, 0.4) is 0 Å². The highest BCUT2D eigenvalue weighted by atomic mass is 35.5. The second kappa shape index (κ2) is 7.99. The van der Waals surface area contributed by atoms with Crippen molar-refractivity contribution in [3.8, 4) is 0 Å². The second-order valence-electron chi connectivity index (χ2n) is 5.49. The highest BCUT2D eigenvalue weighted by Gasteiger charge is 2.17. The number of anilines is 1. The number of nitrogens with one attached hydrogen (secondary N) is 2. The molecule has 0 saturated carbocycles. The Labute approximate surface area is 135 Å². The summed E-state index contributed by atoms with van der Waals surface area (Å²) >= 11 is 12.1. The van der Waals surface area contributed by atoms with Crippen LogP contribution >= 0.6 is 23.2 Å². The van der Waals surface area contributed by atoms with Gasteiger partial charge in [-0.25, -0.2) is 0 Å². The maximum absolute atomic E-state index is 12.1. The Morgan fingerprint density at radius 2 is 2.10 bits per heavy atom. The summed E-state index contributed by atoms with van der Waals surface area (Å²) < 4.78 is 0. The van der Waals surface area contributed by atoms with Gasteiger partial charge in [0.2, 0.25) is 5.91 Å². The number of amides is 1. The van der Waals surface area contributed by atoms with E-state index in [0.29, 0.717) is 28.3 Å². The quantitative estimate of drug-likeness (QED) is 0.872. The van der Waals surface area contributed by atoms with Gasteiger partial charge in [-0.1, -0.05) is 35.7 Å².